The quantitative estimate of drug-likeness (QED) is 0.730. The summed E-state index contributed by atoms with van der Waals surface area (Å²) in [6.45, 7) is 0. The number of fused-ring (bicyclic) bond motifs is 2. The van der Waals surface area contributed by atoms with Crippen LogP contribution in [0.15, 0.2) is 5.03 Å². The van der Waals surface area contributed by atoms with Gasteiger partial charge in [-0.2, -0.15) is 0 Å². The largest absolute Gasteiger partial charge is 0.398 e. The Balaban J connectivity index is 2.20. The van der Waals surface area contributed by atoms with Crippen LogP contribution >= 0.6 is 11.6 Å². The lowest BCUT2D eigenvalue weighted by molar-refractivity contribution is 0.668. The zero-order valence-electron chi connectivity index (χ0n) is 8.52. The van der Waals surface area contributed by atoms with Crippen molar-refractivity contribution < 1.29 is 0 Å². The van der Waals surface area contributed by atoms with E-state index in [1.54, 1.807) is 0 Å². The van der Waals surface area contributed by atoms with Gasteiger partial charge in [-0.3, -0.25) is 4.98 Å². The third-order valence-corrected chi connectivity index (χ3v) is 3.54. The second-order valence-electron chi connectivity index (χ2n) is 4.29. The van der Waals surface area contributed by atoms with Crippen molar-refractivity contribution in [3.8, 4) is 0 Å². The Bertz CT molecular complexity index is 463. The molecule has 1 heterocycles. The second-order valence-corrected chi connectivity index (χ2v) is 4.78. The number of anilines is 1. The molecule has 2 aliphatic rings. The smallest absolute Gasteiger partial charge is 0.0701 e. The average molecular weight is 221 g/mol. The number of nitrogens with two attached hydrogens (primary N) is 1. The van der Waals surface area contributed by atoms with Crippen LogP contribution in [0, 0.1) is 0 Å². The van der Waals surface area contributed by atoms with Gasteiger partial charge in [0.25, 0.3) is 0 Å². The standard InChI is InChI=1S/C12H13ClN2/c13-7-5-9-11(6-7)15-10-4-2-1-3-8(10)12(9)14/h6H,1-5H2,(H2,14,15). The van der Waals surface area contributed by atoms with Crippen molar-refractivity contribution in [3.63, 3.8) is 0 Å². The Labute approximate surface area is 94.1 Å². The number of aryl methyl sites for hydroxylation is 1. The minimum Gasteiger partial charge on any atom is -0.398 e. The number of hydrogen-bond acceptors (Lipinski definition) is 2. The maximum absolute atomic E-state index is 6.19. The highest BCUT2D eigenvalue weighted by Gasteiger charge is 2.22. The van der Waals surface area contributed by atoms with E-state index in [0.29, 0.717) is 0 Å². The molecule has 3 heteroatoms. The first-order valence-corrected chi connectivity index (χ1v) is 5.79. The van der Waals surface area contributed by atoms with Crippen LogP contribution in [0.5, 0.6) is 0 Å². The van der Waals surface area contributed by atoms with E-state index < -0.39 is 0 Å². The molecule has 0 bridgehead atoms. The number of halogens is 1. The van der Waals surface area contributed by atoms with Crippen molar-refractivity contribution >= 4 is 23.4 Å². The Morgan fingerprint density at radius 1 is 1.20 bits per heavy atom. The summed E-state index contributed by atoms with van der Waals surface area (Å²) < 4.78 is 0. The number of pyridine rings is 1. The monoisotopic (exact) mass is 220 g/mol. The van der Waals surface area contributed by atoms with E-state index in [-0.39, 0.29) is 0 Å². The summed E-state index contributed by atoms with van der Waals surface area (Å²) in [5, 5.41) is 0.853. The number of aromatic nitrogens is 1. The maximum atomic E-state index is 6.19. The van der Waals surface area contributed by atoms with E-state index in [2.05, 4.69) is 4.98 Å². The molecule has 1 aromatic rings. The second kappa shape index (κ2) is 3.24. The van der Waals surface area contributed by atoms with Gasteiger partial charge in [-0.15, -0.1) is 0 Å². The number of nitrogen functional groups attached to an aromatic ring is 1. The summed E-state index contributed by atoms with van der Waals surface area (Å²) >= 11 is 6.02. The van der Waals surface area contributed by atoms with E-state index in [9.17, 15) is 0 Å². The molecule has 0 aromatic carbocycles. The van der Waals surface area contributed by atoms with Gasteiger partial charge in [-0.1, -0.05) is 11.6 Å². The van der Waals surface area contributed by atoms with Gasteiger partial charge in [0.05, 0.1) is 5.69 Å². The van der Waals surface area contributed by atoms with Gasteiger partial charge < -0.3 is 5.73 Å². The van der Waals surface area contributed by atoms with Gasteiger partial charge in [0.2, 0.25) is 0 Å². The van der Waals surface area contributed by atoms with E-state index in [4.69, 9.17) is 17.3 Å². The Morgan fingerprint density at radius 3 is 2.87 bits per heavy atom. The van der Waals surface area contributed by atoms with Gasteiger partial charge in [-0.05, 0) is 37.3 Å². The van der Waals surface area contributed by atoms with Crippen LogP contribution in [-0.4, -0.2) is 4.98 Å². The third-order valence-electron chi connectivity index (χ3n) is 3.29. The summed E-state index contributed by atoms with van der Waals surface area (Å²) in [7, 11) is 0. The minimum absolute atomic E-state index is 0.767. The number of rotatable bonds is 0. The molecule has 0 amide bonds. The molecule has 2 aliphatic carbocycles. The first-order valence-electron chi connectivity index (χ1n) is 5.42. The van der Waals surface area contributed by atoms with Crippen molar-refractivity contribution in [2.24, 2.45) is 0 Å². The molecule has 0 radical (unpaired) electrons. The molecule has 0 atom stereocenters. The summed E-state index contributed by atoms with van der Waals surface area (Å²) in [4.78, 5) is 4.66. The van der Waals surface area contributed by atoms with E-state index in [1.165, 1.54) is 24.1 Å². The van der Waals surface area contributed by atoms with Crippen LogP contribution in [0.1, 0.15) is 35.4 Å². The predicted octanol–water partition coefficient (Wildman–Crippen LogP) is 2.68. The predicted molar refractivity (Wildman–Crippen MR) is 62.8 cm³/mol. The molecule has 2 nitrogen and oxygen atoms in total. The first kappa shape index (κ1) is 9.22. The van der Waals surface area contributed by atoms with Crippen LogP contribution in [0.4, 0.5) is 5.69 Å². The van der Waals surface area contributed by atoms with Crippen LogP contribution < -0.4 is 5.73 Å². The minimum atomic E-state index is 0.767. The van der Waals surface area contributed by atoms with Crippen LogP contribution in [0.25, 0.3) is 6.08 Å². The average Bonchev–Trinajstić information content (AvgIpc) is 2.59. The van der Waals surface area contributed by atoms with Gasteiger partial charge in [0.1, 0.15) is 0 Å². The van der Waals surface area contributed by atoms with Crippen molar-refractivity contribution in [1.29, 1.82) is 0 Å². The summed E-state index contributed by atoms with van der Waals surface area (Å²) in [5.74, 6) is 0. The number of hydrogen-bond donors (Lipinski definition) is 1. The highest BCUT2D eigenvalue weighted by Crippen LogP contribution is 2.35. The summed E-state index contributed by atoms with van der Waals surface area (Å²) in [5.41, 5.74) is 11.7. The van der Waals surface area contributed by atoms with Gasteiger partial charge in [0, 0.05) is 28.4 Å². The molecular formula is C12H13ClN2. The van der Waals surface area contributed by atoms with Gasteiger partial charge in [-0.25, -0.2) is 0 Å². The molecule has 0 saturated carbocycles. The zero-order chi connectivity index (χ0) is 10.4. The maximum Gasteiger partial charge on any atom is 0.0701 e. The van der Waals surface area contributed by atoms with Crippen molar-refractivity contribution in [1.82, 2.24) is 4.98 Å². The van der Waals surface area contributed by atoms with Crippen molar-refractivity contribution in [2.75, 3.05) is 5.73 Å². The Hall–Kier alpha value is -1.02. The first-order chi connectivity index (χ1) is 7.25. The Morgan fingerprint density at radius 2 is 2.00 bits per heavy atom. The van der Waals surface area contributed by atoms with Gasteiger partial charge in [0.15, 0.2) is 0 Å². The topological polar surface area (TPSA) is 38.9 Å². The molecule has 1 aromatic heterocycles. The molecule has 0 spiro atoms. The highest BCUT2D eigenvalue weighted by atomic mass is 35.5. The van der Waals surface area contributed by atoms with Crippen LogP contribution in [-0.2, 0) is 19.3 Å². The molecule has 0 unspecified atom stereocenters. The van der Waals surface area contributed by atoms with E-state index in [0.717, 1.165) is 41.2 Å². The number of nitrogens with zero attached hydrogens (tertiary/aromatic N) is 1. The summed E-state index contributed by atoms with van der Waals surface area (Å²) in [6.07, 6.45) is 7.33. The Kier molecular flexibility index (Phi) is 1.99. The van der Waals surface area contributed by atoms with Gasteiger partial charge >= 0.3 is 0 Å². The van der Waals surface area contributed by atoms with Crippen molar-refractivity contribution in [2.45, 2.75) is 32.1 Å². The van der Waals surface area contributed by atoms with E-state index >= 15 is 0 Å². The molecule has 2 N–H and O–H groups in total. The molecule has 3 rings (SSSR count). The summed E-state index contributed by atoms with van der Waals surface area (Å²) in [6, 6.07) is 0. The van der Waals surface area contributed by atoms with Crippen LogP contribution in [0.3, 0.4) is 0 Å². The normalized spacial score (nSPS) is 18.3. The third kappa shape index (κ3) is 1.36. The molecular weight excluding hydrogens is 208 g/mol. The number of allylic oxidation sites excluding steroid dienone is 1. The van der Waals surface area contributed by atoms with Crippen LogP contribution in [0.2, 0.25) is 0 Å². The fraction of sp³-hybridized carbons (Fsp3) is 0.417. The lowest BCUT2D eigenvalue weighted by Crippen LogP contribution is -2.11. The zero-order valence-corrected chi connectivity index (χ0v) is 9.27. The fourth-order valence-electron chi connectivity index (χ4n) is 2.51. The highest BCUT2D eigenvalue weighted by molar-refractivity contribution is 6.32. The lowest BCUT2D eigenvalue weighted by Gasteiger charge is -2.19. The lowest BCUT2D eigenvalue weighted by atomic mass is 9.92. The van der Waals surface area contributed by atoms with Crippen molar-refractivity contribution in [3.05, 3.63) is 27.5 Å². The molecule has 0 fully saturated rings. The molecule has 78 valence electrons. The fourth-order valence-corrected chi connectivity index (χ4v) is 2.75. The molecule has 0 saturated heterocycles. The SMILES string of the molecule is Nc1c2c(nc3c1CCCC3)C=C(Cl)C2. The molecule has 15 heavy (non-hydrogen) atoms. The van der Waals surface area contributed by atoms with E-state index in [1.807, 2.05) is 6.08 Å². The molecule has 0 aliphatic heterocycles.